The van der Waals surface area contributed by atoms with Gasteiger partial charge in [-0.15, -0.1) is 0 Å². The molecule has 2 N–H and O–H groups in total. The number of likely N-dealkylation sites (N-methyl/N-ethyl adjacent to an activating group) is 1. The molecule has 1 saturated heterocycles. The van der Waals surface area contributed by atoms with Gasteiger partial charge >= 0.3 is 0 Å². The van der Waals surface area contributed by atoms with E-state index in [0.717, 1.165) is 32.7 Å². The Morgan fingerprint density at radius 1 is 1.07 bits per heavy atom. The molecule has 0 saturated carbocycles. The number of hydrogen-bond acceptors (Lipinski definition) is 5. The molecule has 30 heavy (non-hydrogen) atoms. The highest BCUT2D eigenvalue weighted by Gasteiger charge is 2.16. The molecule has 0 aliphatic carbocycles. The molecule has 3 aromatic rings. The summed E-state index contributed by atoms with van der Waals surface area (Å²) in [5, 5.41) is 3.60. The fourth-order valence-electron chi connectivity index (χ4n) is 3.63. The molecule has 2 aromatic carbocycles. The molecule has 1 fully saturated rings. The topological polar surface area (TPSA) is 77.7 Å². The van der Waals surface area contributed by atoms with Crippen LogP contribution in [0.15, 0.2) is 59.4 Å². The van der Waals surface area contributed by atoms with Crippen LogP contribution < -0.4 is 15.6 Å². The van der Waals surface area contributed by atoms with E-state index in [4.69, 9.17) is 4.74 Å². The number of aromatic amines is 1. The zero-order valence-electron chi connectivity index (χ0n) is 17.1. The summed E-state index contributed by atoms with van der Waals surface area (Å²) in [7, 11) is 2.14. The smallest absolute Gasteiger partial charge is 0.256 e. The van der Waals surface area contributed by atoms with Crippen LogP contribution in [0, 0.1) is 0 Å². The second kappa shape index (κ2) is 9.11. The second-order valence-electron chi connectivity index (χ2n) is 7.54. The number of piperazine rings is 1. The van der Waals surface area contributed by atoms with Gasteiger partial charge < -0.3 is 19.9 Å². The lowest BCUT2D eigenvalue weighted by atomic mass is 10.1. The normalized spacial score (nSPS) is 15.2. The number of carbonyl (C=O) groups is 1. The van der Waals surface area contributed by atoms with Crippen LogP contribution in [0.1, 0.15) is 10.4 Å². The molecule has 0 unspecified atom stereocenters. The maximum atomic E-state index is 13.0. The minimum Gasteiger partial charge on any atom is -0.490 e. The molecule has 0 spiro atoms. The van der Waals surface area contributed by atoms with Crippen molar-refractivity contribution in [2.45, 2.75) is 0 Å². The summed E-state index contributed by atoms with van der Waals surface area (Å²) in [5.74, 6) is 0.279. The van der Waals surface area contributed by atoms with Crippen molar-refractivity contribution >= 4 is 22.5 Å². The first-order valence-corrected chi connectivity index (χ1v) is 10.2. The van der Waals surface area contributed by atoms with Gasteiger partial charge in [-0.05, 0) is 25.2 Å². The first-order chi connectivity index (χ1) is 14.6. The number of carbonyl (C=O) groups excluding carboxylic acids is 1. The van der Waals surface area contributed by atoms with Gasteiger partial charge in [0.05, 0.1) is 11.3 Å². The summed E-state index contributed by atoms with van der Waals surface area (Å²) in [4.78, 5) is 32.4. The van der Waals surface area contributed by atoms with E-state index in [1.807, 2.05) is 36.4 Å². The number of aromatic nitrogens is 1. The summed E-state index contributed by atoms with van der Waals surface area (Å²) in [5.41, 5.74) is 1.24. The second-order valence-corrected chi connectivity index (χ2v) is 7.54. The van der Waals surface area contributed by atoms with Gasteiger partial charge in [-0.25, -0.2) is 0 Å². The fraction of sp³-hybridized carbons (Fsp3) is 0.304. The molecule has 0 bridgehead atoms. The van der Waals surface area contributed by atoms with Gasteiger partial charge in [0.2, 0.25) is 5.56 Å². The van der Waals surface area contributed by atoms with E-state index in [1.54, 1.807) is 12.1 Å². The third-order valence-electron chi connectivity index (χ3n) is 5.39. The predicted octanol–water partition coefficient (Wildman–Crippen LogP) is 2.41. The average Bonchev–Trinajstić information content (AvgIpc) is 2.75. The Morgan fingerprint density at radius 3 is 2.63 bits per heavy atom. The third kappa shape index (κ3) is 4.69. The number of amides is 1. The Labute approximate surface area is 175 Å². The van der Waals surface area contributed by atoms with Crippen molar-refractivity contribution in [1.82, 2.24) is 14.8 Å². The highest BCUT2D eigenvalue weighted by molar-refractivity contribution is 6.12. The molecular weight excluding hydrogens is 380 g/mol. The standard InChI is InChI=1S/C23H26N4O3/c1-26-10-12-27(13-11-26)14-15-30-21-9-5-4-8-20(21)25-23(29)18-16-22(28)24-19-7-3-2-6-17(18)19/h2-9,16H,10-15H2,1H3,(H,24,28)(H,25,29). The van der Waals surface area contributed by atoms with Crippen molar-refractivity contribution in [3.05, 3.63) is 70.5 Å². The van der Waals surface area contributed by atoms with Crippen molar-refractivity contribution in [2.24, 2.45) is 0 Å². The third-order valence-corrected chi connectivity index (χ3v) is 5.39. The predicted molar refractivity (Wildman–Crippen MR) is 118 cm³/mol. The van der Waals surface area contributed by atoms with Crippen LogP contribution in [0.25, 0.3) is 10.9 Å². The number of rotatable bonds is 6. The Morgan fingerprint density at radius 2 is 1.80 bits per heavy atom. The molecular formula is C23H26N4O3. The van der Waals surface area contributed by atoms with E-state index in [2.05, 4.69) is 27.1 Å². The molecule has 7 heteroatoms. The maximum Gasteiger partial charge on any atom is 0.256 e. The summed E-state index contributed by atoms with van der Waals surface area (Å²) in [6.45, 7) is 5.59. The van der Waals surface area contributed by atoms with Crippen LogP contribution in [0.3, 0.4) is 0 Å². The molecule has 1 aromatic heterocycles. The number of fused-ring (bicyclic) bond motifs is 1. The first-order valence-electron chi connectivity index (χ1n) is 10.2. The van der Waals surface area contributed by atoms with Gasteiger partial charge in [-0.1, -0.05) is 30.3 Å². The van der Waals surface area contributed by atoms with E-state index in [9.17, 15) is 9.59 Å². The molecule has 0 radical (unpaired) electrons. The number of benzene rings is 2. The van der Waals surface area contributed by atoms with E-state index in [-0.39, 0.29) is 11.5 Å². The number of ether oxygens (including phenoxy) is 1. The molecule has 2 heterocycles. The summed E-state index contributed by atoms with van der Waals surface area (Å²) in [6, 6.07) is 16.0. The monoisotopic (exact) mass is 406 g/mol. The van der Waals surface area contributed by atoms with Crippen molar-refractivity contribution in [2.75, 3.05) is 51.7 Å². The summed E-state index contributed by atoms with van der Waals surface area (Å²) >= 11 is 0. The van der Waals surface area contributed by atoms with Crippen LogP contribution in [-0.2, 0) is 0 Å². The summed E-state index contributed by atoms with van der Waals surface area (Å²) < 4.78 is 5.98. The van der Waals surface area contributed by atoms with Gasteiger partial charge in [0.15, 0.2) is 0 Å². The SMILES string of the molecule is CN1CCN(CCOc2ccccc2NC(=O)c2cc(=O)[nH]c3ccccc23)CC1. The highest BCUT2D eigenvalue weighted by atomic mass is 16.5. The quantitative estimate of drug-likeness (QED) is 0.657. The molecule has 7 nitrogen and oxygen atoms in total. The minimum atomic E-state index is -0.340. The maximum absolute atomic E-state index is 13.0. The van der Waals surface area contributed by atoms with Crippen LogP contribution in [0.4, 0.5) is 5.69 Å². The lowest BCUT2D eigenvalue weighted by molar-refractivity contribution is 0.102. The van der Waals surface area contributed by atoms with Crippen molar-refractivity contribution in [3.63, 3.8) is 0 Å². The fourth-order valence-corrected chi connectivity index (χ4v) is 3.63. The van der Waals surface area contributed by atoms with E-state index < -0.39 is 0 Å². The lowest BCUT2D eigenvalue weighted by Gasteiger charge is -2.32. The highest BCUT2D eigenvalue weighted by Crippen LogP contribution is 2.25. The van der Waals surface area contributed by atoms with Gasteiger partial charge in [-0.2, -0.15) is 0 Å². The number of nitrogens with zero attached hydrogens (tertiary/aromatic N) is 2. The van der Waals surface area contributed by atoms with Gasteiger partial charge in [0.1, 0.15) is 12.4 Å². The van der Waals surface area contributed by atoms with Crippen molar-refractivity contribution in [3.8, 4) is 5.75 Å². The van der Waals surface area contributed by atoms with E-state index in [1.165, 1.54) is 6.07 Å². The Bertz CT molecular complexity index is 1090. The zero-order valence-corrected chi connectivity index (χ0v) is 17.1. The molecule has 1 amide bonds. The number of anilines is 1. The lowest BCUT2D eigenvalue weighted by Crippen LogP contribution is -2.45. The molecule has 0 atom stereocenters. The van der Waals surface area contributed by atoms with Gasteiger partial charge in [0.25, 0.3) is 5.91 Å². The average molecular weight is 406 g/mol. The largest absolute Gasteiger partial charge is 0.490 e. The van der Waals surface area contributed by atoms with Gasteiger partial charge in [0, 0.05) is 49.7 Å². The zero-order chi connectivity index (χ0) is 20.9. The summed E-state index contributed by atoms with van der Waals surface area (Å²) in [6.07, 6.45) is 0. The van der Waals surface area contributed by atoms with E-state index >= 15 is 0 Å². The number of pyridine rings is 1. The minimum absolute atomic E-state index is 0.310. The Hall–Kier alpha value is -3.16. The van der Waals surface area contributed by atoms with Crippen molar-refractivity contribution in [1.29, 1.82) is 0 Å². The van der Waals surface area contributed by atoms with Crippen LogP contribution >= 0.6 is 0 Å². The number of H-pyrrole nitrogens is 1. The number of hydrogen-bond donors (Lipinski definition) is 2. The van der Waals surface area contributed by atoms with Crippen LogP contribution in [0.2, 0.25) is 0 Å². The molecule has 156 valence electrons. The Kier molecular flexibility index (Phi) is 6.11. The molecule has 1 aliphatic heterocycles. The first kappa shape index (κ1) is 20.1. The molecule has 4 rings (SSSR count). The van der Waals surface area contributed by atoms with E-state index in [0.29, 0.717) is 34.5 Å². The van der Waals surface area contributed by atoms with Gasteiger partial charge in [-0.3, -0.25) is 14.5 Å². The number of nitrogens with one attached hydrogen (secondary N) is 2. The van der Waals surface area contributed by atoms with Crippen LogP contribution in [-0.4, -0.2) is 67.1 Å². The molecule has 1 aliphatic rings. The van der Waals surface area contributed by atoms with Crippen molar-refractivity contribution < 1.29 is 9.53 Å². The Balaban J connectivity index is 1.45. The van der Waals surface area contributed by atoms with Crippen LogP contribution in [0.5, 0.6) is 5.75 Å². The number of para-hydroxylation sites is 3.